The molecular weight excluding hydrogens is 287 g/mol. The number of halogens is 2. The molecule has 3 heteroatoms. The molecule has 0 unspecified atom stereocenters. The Morgan fingerprint density at radius 1 is 1.14 bits per heavy atom. The molecule has 2 aromatic carbocycles. The Labute approximate surface area is 129 Å². The normalized spacial score (nSPS) is 9.86. The van der Waals surface area contributed by atoms with E-state index in [1.807, 2.05) is 25.1 Å². The number of benzene rings is 2. The Morgan fingerprint density at radius 2 is 1.90 bits per heavy atom. The molecule has 108 valence electrons. The number of ether oxygens (including phenoxy) is 1. The molecule has 0 saturated carbocycles. The van der Waals surface area contributed by atoms with E-state index in [-0.39, 0.29) is 5.82 Å². The summed E-state index contributed by atoms with van der Waals surface area (Å²) in [6.07, 6.45) is 0.684. The van der Waals surface area contributed by atoms with E-state index in [4.69, 9.17) is 16.3 Å². The lowest BCUT2D eigenvalue weighted by Gasteiger charge is -2.09. The molecule has 0 atom stereocenters. The Kier molecular flexibility index (Phi) is 5.66. The lowest BCUT2D eigenvalue weighted by atomic mass is 10.1. The summed E-state index contributed by atoms with van der Waals surface area (Å²) in [4.78, 5) is 0. The topological polar surface area (TPSA) is 9.23 Å². The van der Waals surface area contributed by atoms with E-state index in [1.165, 1.54) is 12.1 Å². The van der Waals surface area contributed by atoms with Gasteiger partial charge in [0.2, 0.25) is 0 Å². The van der Waals surface area contributed by atoms with E-state index in [0.717, 1.165) is 22.4 Å². The van der Waals surface area contributed by atoms with Crippen molar-refractivity contribution in [3.8, 4) is 17.6 Å². The van der Waals surface area contributed by atoms with Gasteiger partial charge in [-0.25, -0.2) is 4.39 Å². The molecule has 0 radical (unpaired) electrons. The molecule has 0 aliphatic rings. The number of alkyl halides is 1. The van der Waals surface area contributed by atoms with Gasteiger partial charge in [0.05, 0.1) is 0 Å². The van der Waals surface area contributed by atoms with Crippen LogP contribution in [0.25, 0.3) is 0 Å². The number of hydrogen-bond donors (Lipinski definition) is 0. The molecule has 2 rings (SSSR count). The molecule has 21 heavy (non-hydrogen) atoms. The van der Waals surface area contributed by atoms with Gasteiger partial charge < -0.3 is 4.74 Å². The number of rotatable bonds is 4. The van der Waals surface area contributed by atoms with Crippen molar-refractivity contribution in [1.82, 2.24) is 0 Å². The van der Waals surface area contributed by atoms with Gasteiger partial charge in [-0.2, -0.15) is 0 Å². The highest BCUT2D eigenvalue weighted by molar-refractivity contribution is 6.18. The largest absolute Gasteiger partial charge is 0.489 e. The molecule has 0 heterocycles. The highest BCUT2D eigenvalue weighted by Crippen LogP contribution is 2.20. The van der Waals surface area contributed by atoms with Gasteiger partial charge in [-0.05, 0) is 48.4 Å². The first-order chi connectivity index (χ1) is 10.2. The van der Waals surface area contributed by atoms with Crippen LogP contribution in [0, 0.1) is 24.6 Å². The number of hydrogen-bond acceptors (Lipinski definition) is 1. The van der Waals surface area contributed by atoms with Gasteiger partial charge in [0, 0.05) is 17.9 Å². The Bertz CT molecular complexity index is 653. The quantitative estimate of drug-likeness (QED) is 0.588. The molecule has 0 N–H and O–H groups in total. The summed E-state index contributed by atoms with van der Waals surface area (Å²) in [5.74, 6) is 7.18. The molecule has 0 fully saturated rings. The maximum atomic E-state index is 12.8. The molecular formula is C18H16ClFO. The van der Waals surface area contributed by atoms with Crippen LogP contribution >= 0.6 is 11.6 Å². The van der Waals surface area contributed by atoms with Gasteiger partial charge in [-0.1, -0.05) is 24.0 Å². The lowest BCUT2D eigenvalue weighted by molar-refractivity contribution is 0.304. The van der Waals surface area contributed by atoms with Gasteiger partial charge >= 0.3 is 0 Å². The fraction of sp³-hybridized carbons (Fsp3) is 0.222. The predicted molar refractivity (Wildman–Crippen MR) is 84.1 cm³/mol. The summed E-state index contributed by atoms with van der Waals surface area (Å²) in [7, 11) is 0. The fourth-order valence-corrected chi connectivity index (χ4v) is 1.94. The zero-order valence-electron chi connectivity index (χ0n) is 11.8. The second kappa shape index (κ2) is 7.71. The second-order valence-electron chi connectivity index (χ2n) is 4.64. The van der Waals surface area contributed by atoms with E-state index in [0.29, 0.717) is 18.9 Å². The third-order valence-corrected chi connectivity index (χ3v) is 3.12. The molecule has 1 nitrogen and oxygen atoms in total. The average molecular weight is 303 g/mol. The summed E-state index contributed by atoms with van der Waals surface area (Å²) < 4.78 is 18.6. The van der Waals surface area contributed by atoms with E-state index >= 15 is 0 Å². The molecule has 0 saturated heterocycles. The predicted octanol–water partition coefficient (Wildman–Crippen LogP) is 4.69. The van der Waals surface area contributed by atoms with Crippen molar-refractivity contribution in [3.63, 3.8) is 0 Å². The Morgan fingerprint density at radius 3 is 2.57 bits per heavy atom. The van der Waals surface area contributed by atoms with Crippen LogP contribution in [0.4, 0.5) is 4.39 Å². The standard InChI is InChI=1S/C18H16ClFO/c1-14-12-15(4-2-3-11-19)7-10-18(14)21-13-16-5-8-17(20)9-6-16/h5-10,12H,3,11,13H2,1H3. The summed E-state index contributed by atoms with van der Waals surface area (Å²) >= 11 is 5.59. The van der Waals surface area contributed by atoms with Gasteiger partial charge in [0.15, 0.2) is 0 Å². The fourth-order valence-electron chi connectivity index (χ4n) is 1.84. The van der Waals surface area contributed by atoms with E-state index < -0.39 is 0 Å². The van der Waals surface area contributed by atoms with Crippen LogP contribution in [0.3, 0.4) is 0 Å². The maximum Gasteiger partial charge on any atom is 0.123 e. The van der Waals surface area contributed by atoms with Crippen molar-refractivity contribution in [3.05, 3.63) is 65.0 Å². The van der Waals surface area contributed by atoms with Crippen molar-refractivity contribution >= 4 is 11.6 Å². The van der Waals surface area contributed by atoms with Gasteiger partial charge in [0.1, 0.15) is 18.2 Å². The first kappa shape index (κ1) is 15.4. The smallest absolute Gasteiger partial charge is 0.123 e. The van der Waals surface area contributed by atoms with Crippen LogP contribution < -0.4 is 4.74 Å². The summed E-state index contributed by atoms with van der Waals surface area (Å²) in [6, 6.07) is 12.1. The molecule has 0 aliphatic heterocycles. The van der Waals surface area contributed by atoms with Gasteiger partial charge in [-0.3, -0.25) is 0 Å². The molecule has 0 aromatic heterocycles. The highest BCUT2D eigenvalue weighted by Gasteiger charge is 2.01. The number of aryl methyl sites for hydroxylation is 1. The highest BCUT2D eigenvalue weighted by atomic mass is 35.5. The minimum absolute atomic E-state index is 0.241. The van der Waals surface area contributed by atoms with E-state index in [2.05, 4.69) is 11.8 Å². The molecule has 0 bridgehead atoms. The third kappa shape index (κ3) is 4.81. The first-order valence-electron chi connectivity index (χ1n) is 6.72. The van der Waals surface area contributed by atoms with E-state index in [9.17, 15) is 4.39 Å². The third-order valence-electron chi connectivity index (χ3n) is 2.93. The molecule has 0 amide bonds. The Balaban J connectivity index is 2.01. The zero-order chi connectivity index (χ0) is 15.1. The average Bonchev–Trinajstić information content (AvgIpc) is 2.48. The van der Waals surface area contributed by atoms with Crippen molar-refractivity contribution in [1.29, 1.82) is 0 Å². The SMILES string of the molecule is Cc1cc(C#CCCCl)ccc1OCc1ccc(F)cc1. The van der Waals surface area contributed by atoms with Crippen LogP contribution in [0.5, 0.6) is 5.75 Å². The molecule has 0 spiro atoms. The molecule has 0 aliphatic carbocycles. The minimum Gasteiger partial charge on any atom is -0.489 e. The van der Waals surface area contributed by atoms with E-state index in [1.54, 1.807) is 12.1 Å². The second-order valence-corrected chi connectivity index (χ2v) is 5.01. The van der Waals surface area contributed by atoms with Crippen LogP contribution in [0.15, 0.2) is 42.5 Å². The monoisotopic (exact) mass is 302 g/mol. The van der Waals surface area contributed by atoms with Crippen molar-refractivity contribution in [2.45, 2.75) is 20.0 Å². The maximum absolute atomic E-state index is 12.8. The van der Waals surface area contributed by atoms with Crippen molar-refractivity contribution in [2.75, 3.05) is 5.88 Å². The van der Waals surface area contributed by atoms with Gasteiger partial charge in [0.25, 0.3) is 0 Å². The van der Waals surface area contributed by atoms with Crippen LogP contribution in [-0.4, -0.2) is 5.88 Å². The van der Waals surface area contributed by atoms with Crippen LogP contribution in [-0.2, 0) is 6.61 Å². The summed E-state index contributed by atoms with van der Waals surface area (Å²) in [6.45, 7) is 2.39. The van der Waals surface area contributed by atoms with Crippen LogP contribution in [0.1, 0.15) is 23.1 Å². The molecule has 2 aromatic rings. The van der Waals surface area contributed by atoms with Gasteiger partial charge in [-0.15, -0.1) is 11.6 Å². The van der Waals surface area contributed by atoms with Crippen molar-refractivity contribution in [2.24, 2.45) is 0 Å². The first-order valence-corrected chi connectivity index (χ1v) is 7.25. The zero-order valence-corrected chi connectivity index (χ0v) is 12.6. The summed E-state index contributed by atoms with van der Waals surface area (Å²) in [5.41, 5.74) is 2.91. The van der Waals surface area contributed by atoms with Crippen molar-refractivity contribution < 1.29 is 9.13 Å². The lowest BCUT2D eigenvalue weighted by Crippen LogP contribution is -1.97. The summed E-state index contributed by atoms with van der Waals surface area (Å²) in [5, 5.41) is 0. The Hall–Kier alpha value is -1.98. The minimum atomic E-state index is -0.241. The van der Waals surface area contributed by atoms with Crippen LogP contribution in [0.2, 0.25) is 0 Å².